The normalized spacial score (nSPS) is 39.3. The molecule has 0 radical (unpaired) electrons. The highest BCUT2D eigenvalue weighted by Crippen LogP contribution is 2.37. The zero-order valence-electron chi connectivity index (χ0n) is 62.3. The van der Waals surface area contributed by atoms with Crippen LogP contribution in [0.5, 0.6) is 0 Å². The Morgan fingerprint density at radius 2 is 0.806 bits per heavy atom. The van der Waals surface area contributed by atoms with Crippen molar-refractivity contribution in [1.29, 1.82) is 0 Å². The quantitative estimate of drug-likeness (QED) is 0.0527. The maximum atomic E-state index is 13.9. The summed E-state index contributed by atoms with van der Waals surface area (Å²) in [4.78, 5) is 27.8. The largest absolute Gasteiger partial charge is 0.458 e. The van der Waals surface area contributed by atoms with E-state index in [0.29, 0.717) is 62.5 Å². The Kier molecular flexibility index (Phi) is 37.6. The summed E-state index contributed by atoms with van der Waals surface area (Å²) in [6.07, 6.45) is 14.1. The maximum Gasteiger partial charge on any atom is 0.331 e. The van der Waals surface area contributed by atoms with E-state index in [4.69, 9.17) is 47.4 Å². The van der Waals surface area contributed by atoms with Crippen LogP contribution in [-0.2, 0) is 57.0 Å². The number of ether oxygens (including phenoxy) is 10. The van der Waals surface area contributed by atoms with Crippen molar-refractivity contribution < 1.29 is 97.8 Å². The third-order valence-electron chi connectivity index (χ3n) is 22.3. The molecular weight excluding hydrogens is 1260 g/mol. The second-order valence-electron chi connectivity index (χ2n) is 30.3. The predicted octanol–water partition coefficient (Wildman–Crippen LogP) is 10.1. The highest BCUT2D eigenvalue weighted by Gasteiger charge is 2.42. The zero-order valence-corrected chi connectivity index (χ0v) is 62.3. The molecule has 20 nitrogen and oxygen atoms in total. The van der Waals surface area contributed by atoms with Gasteiger partial charge in [0.2, 0.25) is 0 Å². The van der Waals surface area contributed by atoms with E-state index in [-0.39, 0.29) is 99.2 Å². The summed E-state index contributed by atoms with van der Waals surface area (Å²) in [7, 11) is 6.58. The van der Waals surface area contributed by atoms with Crippen LogP contribution in [0.25, 0.3) is 0 Å². The molecule has 5 rings (SSSR count). The molecule has 2 fully saturated rings. The van der Waals surface area contributed by atoms with E-state index in [2.05, 4.69) is 0 Å². The molecule has 5 heterocycles. The van der Waals surface area contributed by atoms with Crippen LogP contribution in [0, 0.1) is 47.3 Å². The lowest BCUT2D eigenvalue weighted by molar-refractivity contribution is -0.158. The van der Waals surface area contributed by atoms with E-state index in [1.54, 1.807) is 54.4 Å². The number of fused-ring (bicyclic) bond motifs is 4. The van der Waals surface area contributed by atoms with Crippen molar-refractivity contribution in [2.75, 3.05) is 28.4 Å². The molecule has 1 unspecified atom stereocenters. The van der Waals surface area contributed by atoms with Gasteiger partial charge in [0.05, 0.1) is 122 Å². The van der Waals surface area contributed by atoms with E-state index in [0.717, 1.165) is 25.7 Å². The van der Waals surface area contributed by atoms with Crippen LogP contribution in [-0.4, -0.2) is 216 Å². The Morgan fingerprint density at radius 1 is 0.449 bits per heavy atom. The Hall–Kier alpha value is -3.26. The first-order chi connectivity index (χ1) is 46.4. The van der Waals surface area contributed by atoms with Crippen molar-refractivity contribution in [2.24, 2.45) is 47.3 Å². The lowest BCUT2D eigenvalue weighted by Crippen LogP contribution is -2.45. The molecule has 20 heteroatoms. The number of hydrogen-bond donors (Lipinski definition) is 8. The maximum absolute atomic E-state index is 13.9. The standard InChI is InChI=1S/C78H132O20/c1-45-23-29-57(79)37-59-19-17-21-61(95-59)41-71(91-15)52(8)68(82)44-70(84)54(10)78(56(12)76(88)48(4)28-32-64-40-66(90-14)36-50(6)94-64)98-74(86)34-26-46(2)24-30-58(80)38-60-20-18-22-62(96-60)42-72(92-16)51(7)67(81)43-69(83)53(9)77(97-73(85)33-25-45)55(11)75(87)47(3)27-31-63-39-65(89-13)35-49(5)93-63/h17-20,23-26,33-34,47-72,75-84,87-88H,21-22,27-32,35-44H2,1-16H3/t47-,48-,49-,50-,51-,52-,53-,54?,55-,56-,57-,58-,59-,60-,61-,62-,63-,64-,65+,66+,67-,68-,69+,70+,71-,72-,75-,76-,77-,78-/m0/s1. The smallest absolute Gasteiger partial charge is 0.331 e. The Bertz CT molecular complexity index is 2320. The Morgan fingerprint density at radius 3 is 1.15 bits per heavy atom. The van der Waals surface area contributed by atoms with Gasteiger partial charge in [-0.05, 0) is 129 Å². The number of aliphatic hydroxyl groups excluding tert-OH is 8. The number of methoxy groups -OCH3 is 4. The second-order valence-corrected chi connectivity index (χ2v) is 30.3. The summed E-state index contributed by atoms with van der Waals surface area (Å²) in [5.41, 5.74) is 1.39. The molecular formula is C78H132O20. The van der Waals surface area contributed by atoms with Crippen LogP contribution >= 0.6 is 0 Å². The number of rotatable bonds is 16. The van der Waals surface area contributed by atoms with Crippen molar-refractivity contribution in [2.45, 2.75) is 333 Å². The van der Waals surface area contributed by atoms with Crippen LogP contribution < -0.4 is 0 Å². The minimum atomic E-state index is -1.16. The molecule has 30 atom stereocenters. The number of esters is 2. The number of aliphatic hydroxyl groups is 8. The fraction of sp³-hybridized carbons (Fsp3) is 0.821. The summed E-state index contributed by atoms with van der Waals surface area (Å²) in [5, 5.41) is 94.4. The van der Waals surface area contributed by atoms with Crippen molar-refractivity contribution in [3.05, 3.63) is 71.9 Å². The second kappa shape index (κ2) is 43.1. The topological polar surface area (TPSA) is 288 Å². The SMILES string of the molecule is CO[C@H]1C[C@H](CC[C@H](C)[C@H](O)[C@H](C)[C@H]2OC(=O)C=CC(C)=CC[C@H](O)C[C@@H]3C=CC[C@@H](C[C@H](OC)[C@@H](C)[C@@H](O)C[C@@H](O)C(C)[C@@H]([C@@H](C)[C@@H](O)[C@@H](C)CC[C@H]4C[C@H](OC)C[C@H](C)O4)OC(=O)C=CC(C)=CC[C@H](O)C[C@@H]4C=CC[C@@H](C[C@H](OC)[C@@H](C)[C@@H](O)C[C@@H](O)[C@@H]2C)O4)O3)O[C@@H](C)C1. The molecule has 0 amide bonds. The first kappa shape index (κ1) is 85.4. The molecule has 2 saturated heterocycles. The molecule has 0 aromatic carbocycles. The van der Waals surface area contributed by atoms with Gasteiger partial charge in [-0.2, -0.15) is 0 Å². The van der Waals surface area contributed by atoms with Crippen LogP contribution in [0.4, 0.5) is 0 Å². The van der Waals surface area contributed by atoms with Gasteiger partial charge >= 0.3 is 11.9 Å². The summed E-state index contributed by atoms with van der Waals surface area (Å²) in [5.74, 6) is -5.50. The summed E-state index contributed by atoms with van der Waals surface area (Å²) in [6, 6.07) is 0. The zero-order chi connectivity index (χ0) is 72.5. The highest BCUT2D eigenvalue weighted by molar-refractivity contribution is 5.83. The van der Waals surface area contributed by atoms with Gasteiger partial charge in [-0.15, -0.1) is 0 Å². The van der Waals surface area contributed by atoms with E-state index in [9.17, 15) is 50.4 Å². The van der Waals surface area contributed by atoms with Gasteiger partial charge in [-0.1, -0.05) is 115 Å². The highest BCUT2D eigenvalue weighted by atomic mass is 16.6. The Labute approximate surface area is 587 Å². The van der Waals surface area contributed by atoms with E-state index >= 15 is 0 Å². The van der Waals surface area contributed by atoms with Gasteiger partial charge in [-0.25, -0.2) is 9.59 Å². The van der Waals surface area contributed by atoms with Crippen LogP contribution in [0.3, 0.4) is 0 Å². The number of cyclic esters (lactones) is 2. The molecule has 8 N–H and O–H groups in total. The molecule has 0 saturated carbocycles. The average molecular weight is 1390 g/mol. The molecule has 5 aliphatic rings. The van der Waals surface area contributed by atoms with Crippen molar-refractivity contribution in [3.63, 3.8) is 0 Å². The molecule has 5 aliphatic heterocycles. The van der Waals surface area contributed by atoms with Crippen LogP contribution in [0.1, 0.15) is 199 Å². The summed E-state index contributed by atoms with van der Waals surface area (Å²) in [6.45, 7) is 22.5. The molecule has 0 spiro atoms. The van der Waals surface area contributed by atoms with Gasteiger partial charge in [0.1, 0.15) is 12.2 Å². The number of carbonyl (C=O) groups excluding carboxylic acids is 2. The van der Waals surface area contributed by atoms with Gasteiger partial charge in [0.25, 0.3) is 0 Å². The van der Waals surface area contributed by atoms with E-state index in [1.165, 1.54) is 12.2 Å². The third kappa shape index (κ3) is 28.1. The summed E-state index contributed by atoms with van der Waals surface area (Å²) >= 11 is 0. The summed E-state index contributed by atoms with van der Waals surface area (Å²) < 4.78 is 61.3. The predicted molar refractivity (Wildman–Crippen MR) is 377 cm³/mol. The monoisotopic (exact) mass is 1390 g/mol. The first-order valence-corrected chi connectivity index (χ1v) is 37.1. The van der Waals surface area contributed by atoms with Crippen molar-refractivity contribution in [3.8, 4) is 0 Å². The Balaban J connectivity index is 1.36. The lowest BCUT2D eigenvalue weighted by Gasteiger charge is -2.38. The molecule has 564 valence electrons. The van der Waals surface area contributed by atoms with Crippen molar-refractivity contribution in [1.82, 2.24) is 0 Å². The fourth-order valence-electron chi connectivity index (χ4n) is 15.3. The minimum Gasteiger partial charge on any atom is -0.458 e. The third-order valence-corrected chi connectivity index (χ3v) is 22.3. The number of hydrogen-bond acceptors (Lipinski definition) is 20. The van der Waals surface area contributed by atoms with E-state index < -0.39 is 133 Å². The molecule has 98 heavy (non-hydrogen) atoms. The van der Waals surface area contributed by atoms with Gasteiger partial charge in [-0.3, -0.25) is 0 Å². The van der Waals surface area contributed by atoms with Crippen LogP contribution in [0.2, 0.25) is 0 Å². The molecule has 0 aromatic rings. The average Bonchev–Trinajstić information content (AvgIpc) is 0.853. The van der Waals surface area contributed by atoms with Gasteiger partial charge < -0.3 is 88.2 Å². The van der Waals surface area contributed by atoms with Gasteiger partial charge in [0.15, 0.2) is 0 Å². The lowest BCUT2D eigenvalue weighted by atomic mass is 9.78. The number of carbonyl (C=O) groups is 2. The van der Waals surface area contributed by atoms with Crippen molar-refractivity contribution >= 4 is 11.9 Å². The van der Waals surface area contributed by atoms with Gasteiger partial charge in [0, 0.05) is 102 Å². The van der Waals surface area contributed by atoms with Crippen LogP contribution in [0.15, 0.2) is 71.9 Å². The van der Waals surface area contributed by atoms with E-state index in [1.807, 2.05) is 106 Å². The fourth-order valence-corrected chi connectivity index (χ4v) is 15.3. The minimum absolute atomic E-state index is 0.0293. The molecule has 0 aliphatic carbocycles. The molecule has 4 bridgehead atoms. The molecule has 0 aromatic heterocycles. The number of allylic oxidation sites excluding steroid dienone is 4. The first-order valence-electron chi connectivity index (χ1n) is 37.1.